The zero-order valence-electron chi connectivity index (χ0n) is 19.7. The van der Waals surface area contributed by atoms with Crippen molar-refractivity contribution in [3.8, 4) is 11.4 Å². The van der Waals surface area contributed by atoms with Crippen LogP contribution < -0.4 is 15.5 Å². The summed E-state index contributed by atoms with van der Waals surface area (Å²) in [5.41, 5.74) is 2.24. The van der Waals surface area contributed by atoms with Crippen molar-refractivity contribution in [2.45, 2.75) is 13.5 Å². The van der Waals surface area contributed by atoms with E-state index in [0.717, 1.165) is 28.9 Å². The third-order valence-corrected chi connectivity index (χ3v) is 6.77. The van der Waals surface area contributed by atoms with Gasteiger partial charge < -0.3 is 20.2 Å². The number of tetrazole rings is 1. The highest BCUT2D eigenvalue weighted by Gasteiger charge is 2.20. The number of carbonyl (C=O) groups is 2. The topological polar surface area (TPSA) is 178 Å². The Hall–Kier alpha value is -4.66. The molecule has 0 saturated carbocycles. The van der Waals surface area contributed by atoms with Crippen LogP contribution in [0.3, 0.4) is 0 Å². The second-order valence-corrected chi connectivity index (χ2v) is 9.22. The summed E-state index contributed by atoms with van der Waals surface area (Å²) in [6.07, 6.45) is 0.852. The van der Waals surface area contributed by atoms with Gasteiger partial charge in [0, 0.05) is 44.4 Å². The van der Waals surface area contributed by atoms with E-state index in [9.17, 15) is 14.7 Å². The average molecular weight is 522 g/mol. The number of nitrogens with zero attached hydrogens (tertiary/aromatic N) is 8. The van der Waals surface area contributed by atoms with Crippen LogP contribution in [0, 0.1) is 6.92 Å². The molecule has 5 rings (SSSR count). The van der Waals surface area contributed by atoms with Crippen molar-refractivity contribution in [1.82, 2.24) is 40.5 Å². The fraction of sp³-hybridized carbons (Fsp3) is 0.273. The van der Waals surface area contributed by atoms with E-state index in [2.05, 4.69) is 51.1 Å². The number of aromatic carboxylic acids is 1. The molecule has 15 heteroatoms. The Morgan fingerprint density at radius 3 is 2.73 bits per heavy atom. The highest BCUT2D eigenvalue weighted by Crippen LogP contribution is 2.27. The van der Waals surface area contributed by atoms with Crippen molar-refractivity contribution < 1.29 is 14.7 Å². The lowest BCUT2D eigenvalue weighted by Gasteiger charge is -2.33. The van der Waals surface area contributed by atoms with Crippen LogP contribution in [0.4, 0.5) is 22.7 Å². The minimum Gasteiger partial charge on any atom is -0.477 e. The molecule has 4 N–H and O–H groups in total. The van der Waals surface area contributed by atoms with Crippen molar-refractivity contribution in [2.75, 3.05) is 41.7 Å². The molecule has 0 atom stereocenters. The van der Waals surface area contributed by atoms with Crippen LogP contribution in [-0.2, 0) is 11.3 Å². The van der Waals surface area contributed by atoms with Crippen LogP contribution in [-0.4, -0.2) is 84.1 Å². The summed E-state index contributed by atoms with van der Waals surface area (Å²) in [7, 11) is 0. The third kappa shape index (κ3) is 5.61. The standard InChI is InChI=1S/C22H23N11O3S/c1-13-18(20(35)36)37-22(24-13)27-21-25-16(10-17(26-21)33-7-5-32(12-34)6-8-33)23-11-14-3-2-4-15(9-14)19-28-30-31-29-19/h2-4,9-10,12H,5-8,11H2,1H3,(H,35,36)(H,28,29,30,31)(H2,23,24,25,26,27). The highest BCUT2D eigenvalue weighted by molar-refractivity contribution is 7.17. The number of benzene rings is 1. The maximum Gasteiger partial charge on any atom is 0.347 e. The van der Waals surface area contributed by atoms with E-state index in [1.165, 1.54) is 0 Å². The van der Waals surface area contributed by atoms with E-state index in [1.54, 1.807) is 11.8 Å². The van der Waals surface area contributed by atoms with Gasteiger partial charge in [0.2, 0.25) is 18.2 Å². The van der Waals surface area contributed by atoms with Crippen molar-refractivity contribution >= 4 is 46.4 Å². The lowest BCUT2D eigenvalue weighted by molar-refractivity contribution is -0.118. The molecule has 4 aromatic rings. The molecule has 0 spiro atoms. The average Bonchev–Trinajstić information content (AvgIpc) is 3.58. The minimum absolute atomic E-state index is 0.156. The number of carboxylic acid groups (broad SMARTS) is 1. The number of hydrogen-bond donors (Lipinski definition) is 4. The number of aromatic nitrogens is 7. The first kappa shape index (κ1) is 24.1. The number of carbonyl (C=O) groups excluding carboxylic acids is 1. The maximum atomic E-state index is 11.4. The zero-order chi connectivity index (χ0) is 25.8. The van der Waals surface area contributed by atoms with Gasteiger partial charge in [-0.2, -0.15) is 15.2 Å². The summed E-state index contributed by atoms with van der Waals surface area (Å²) in [4.78, 5) is 40.0. The molecule has 0 aliphatic carbocycles. The number of rotatable bonds is 9. The monoisotopic (exact) mass is 521 g/mol. The number of piperazine rings is 1. The smallest absolute Gasteiger partial charge is 0.347 e. The number of aryl methyl sites for hydroxylation is 1. The Morgan fingerprint density at radius 1 is 1.19 bits per heavy atom. The molecule has 190 valence electrons. The van der Waals surface area contributed by atoms with Gasteiger partial charge in [0.15, 0.2) is 5.13 Å². The third-order valence-electron chi connectivity index (χ3n) is 5.71. The van der Waals surface area contributed by atoms with E-state index < -0.39 is 5.97 Å². The van der Waals surface area contributed by atoms with Crippen LogP contribution in [0.25, 0.3) is 11.4 Å². The molecular formula is C22H23N11O3S. The number of anilines is 4. The Labute approximate surface area is 214 Å². The first-order chi connectivity index (χ1) is 18.0. The molecule has 3 aromatic heterocycles. The van der Waals surface area contributed by atoms with E-state index in [4.69, 9.17) is 0 Å². The highest BCUT2D eigenvalue weighted by atomic mass is 32.1. The zero-order valence-corrected chi connectivity index (χ0v) is 20.6. The molecule has 37 heavy (non-hydrogen) atoms. The Morgan fingerprint density at radius 2 is 2.03 bits per heavy atom. The van der Waals surface area contributed by atoms with Gasteiger partial charge in [0.1, 0.15) is 16.5 Å². The number of aromatic amines is 1. The van der Waals surface area contributed by atoms with E-state index in [1.807, 2.05) is 30.3 Å². The van der Waals surface area contributed by atoms with Crippen LogP contribution in [0.5, 0.6) is 0 Å². The first-order valence-electron chi connectivity index (χ1n) is 11.4. The van der Waals surface area contributed by atoms with Crippen LogP contribution in [0.15, 0.2) is 30.3 Å². The molecule has 0 unspecified atom stereocenters. The molecule has 1 amide bonds. The van der Waals surface area contributed by atoms with Gasteiger partial charge in [-0.1, -0.05) is 29.5 Å². The molecular weight excluding hydrogens is 498 g/mol. The van der Waals surface area contributed by atoms with E-state index in [-0.39, 0.29) is 10.8 Å². The molecule has 0 radical (unpaired) electrons. The predicted octanol–water partition coefficient (Wildman–Crippen LogP) is 1.75. The van der Waals surface area contributed by atoms with Crippen molar-refractivity contribution in [2.24, 2.45) is 0 Å². The quantitative estimate of drug-likeness (QED) is 0.235. The Bertz CT molecular complexity index is 1400. The number of hydrogen-bond acceptors (Lipinski definition) is 12. The number of H-pyrrole nitrogens is 1. The minimum atomic E-state index is -1.03. The second kappa shape index (κ2) is 10.5. The Kier molecular flexibility index (Phi) is 6.85. The number of nitrogens with one attached hydrogen (secondary N) is 3. The molecule has 1 aromatic carbocycles. The van der Waals surface area contributed by atoms with Crippen LogP contribution in [0.1, 0.15) is 20.9 Å². The van der Waals surface area contributed by atoms with E-state index in [0.29, 0.717) is 61.0 Å². The van der Waals surface area contributed by atoms with Gasteiger partial charge in [0.05, 0.1) is 5.69 Å². The van der Waals surface area contributed by atoms with Crippen LogP contribution in [0.2, 0.25) is 0 Å². The molecule has 14 nitrogen and oxygen atoms in total. The fourth-order valence-corrected chi connectivity index (χ4v) is 4.64. The van der Waals surface area contributed by atoms with Gasteiger partial charge in [0.25, 0.3) is 0 Å². The van der Waals surface area contributed by atoms with Gasteiger partial charge in [-0.3, -0.25) is 10.1 Å². The van der Waals surface area contributed by atoms with Gasteiger partial charge in [-0.15, -0.1) is 10.2 Å². The fourth-order valence-electron chi connectivity index (χ4n) is 3.84. The predicted molar refractivity (Wildman–Crippen MR) is 136 cm³/mol. The molecule has 1 fully saturated rings. The van der Waals surface area contributed by atoms with Crippen LogP contribution >= 0.6 is 11.3 Å². The Balaban J connectivity index is 1.38. The van der Waals surface area contributed by atoms with Gasteiger partial charge in [-0.25, -0.2) is 9.78 Å². The maximum absolute atomic E-state index is 11.4. The molecule has 1 saturated heterocycles. The summed E-state index contributed by atoms with van der Waals surface area (Å²) in [6.45, 7) is 4.55. The number of carboxylic acids is 1. The first-order valence-corrected chi connectivity index (χ1v) is 12.2. The molecule has 1 aliphatic heterocycles. The molecule has 1 aliphatic rings. The van der Waals surface area contributed by atoms with E-state index >= 15 is 0 Å². The largest absolute Gasteiger partial charge is 0.477 e. The van der Waals surface area contributed by atoms with Gasteiger partial charge in [-0.05, 0) is 23.8 Å². The summed E-state index contributed by atoms with van der Waals surface area (Å²) >= 11 is 1.02. The summed E-state index contributed by atoms with van der Waals surface area (Å²) in [5.74, 6) is 1.01. The molecule has 4 heterocycles. The number of amides is 1. The molecule has 0 bridgehead atoms. The van der Waals surface area contributed by atoms with Crippen molar-refractivity contribution in [3.63, 3.8) is 0 Å². The second-order valence-electron chi connectivity index (χ2n) is 8.22. The lowest BCUT2D eigenvalue weighted by Crippen LogP contribution is -2.46. The number of thiazole rings is 1. The lowest BCUT2D eigenvalue weighted by atomic mass is 10.1. The SMILES string of the molecule is Cc1nc(Nc2nc(NCc3cccc(-c4nn[nH]n4)c3)cc(N3CCN(C=O)CC3)n2)sc1C(=O)O. The van der Waals surface area contributed by atoms with Crippen molar-refractivity contribution in [1.29, 1.82) is 0 Å². The summed E-state index contributed by atoms with van der Waals surface area (Å²) in [6, 6.07) is 9.60. The summed E-state index contributed by atoms with van der Waals surface area (Å²) in [5, 5.41) is 30.2. The summed E-state index contributed by atoms with van der Waals surface area (Å²) < 4.78 is 0. The normalized spacial score (nSPS) is 13.4. The van der Waals surface area contributed by atoms with Crippen molar-refractivity contribution in [3.05, 3.63) is 46.5 Å². The van der Waals surface area contributed by atoms with Gasteiger partial charge >= 0.3 is 5.97 Å².